The average molecular weight is 265 g/mol. The van der Waals surface area contributed by atoms with Crippen molar-refractivity contribution in [3.63, 3.8) is 0 Å². The van der Waals surface area contributed by atoms with Crippen LogP contribution in [0.25, 0.3) is 0 Å². The largest absolute Gasteiger partial charge is 0.334 e. The third-order valence-electron chi connectivity index (χ3n) is 3.66. The number of hydrogen-bond acceptors (Lipinski definition) is 2. The van der Waals surface area contributed by atoms with Crippen molar-refractivity contribution < 1.29 is 9.59 Å². The number of nitrogens with one attached hydrogen (secondary N) is 1. The number of carbonyl (C=O) groups excluding carboxylic acids is 2. The first-order chi connectivity index (χ1) is 8.68. The zero-order valence-electron chi connectivity index (χ0n) is 9.73. The Morgan fingerprint density at radius 1 is 1.22 bits per heavy atom. The fraction of sp³-hybridized carbons (Fsp3) is 0.385. The van der Waals surface area contributed by atoms with Crippen molar-refractivity contribution in [1.82, 2.24) is 5.32 Å². The lowest BCUT2D eigenvalue weighted by Crippen LogP contribution is -2.58. The second-order valence-corrected chi connectivity index (χ2v) is 5.13. The summed E-state index contributed by atoms with van der Waals surface area (Å²) in [6.07, 6.45) is 2.71. The monoisotopic (exact) mass is 264 g/mol. The molecule has 0 spiro atoms. The standard InChI is InChI=1S/C13H13ClN2O2/c14-9-5-1-2-7-11(9)16-12(17)8-4-3-6-10(8)15-13(16)18/h1-2,5,7-8,10H,3-4,6H2,(H,15,18). The van der Waals surface area contributed by atoms with Crippen molar-refractivity contribution in [3.05, 3.63) is 29.3 Å². The van der Waals surface area contributed by atoms with E-state index in [0.29, 0.717) is 10.7 Å². The number of imide groups is 1. The summed E-state index contributed by atoms with van der Waals surface area (Å²) in [4.78, 5) is 25.6. The van der Waals surface area contributed by atoms with E-state index in [-0.39, 0.29) is 23.9 Å². The molecule has 2 unspecified atom stereocenters. The fourth-order valence-electron chi connectivity index (χ4n) is 2.78. The second-order valence-electron chi connectivity index (χ2n) is 4.72. The third kappa shape index (κ3) is 1.68. The number of hydrogen-bond donors (Lipinski definition) is 1. The second kappa shape index (κ2) is 4.28. The zero-order valence-corrected chi connectivity index (χ0v) is 10.5. The van der Waals surface area contributed by atoms with Crippen molar-refractivity contribution in [2.24, 2.45) is 5.92 Å². The Labute approximate surface area is 110 Å². The van der Waals surface area contributed by atoms with Gasteiger partial charge in [-0.1, -0.05) is 30.2 Å². The first kappa shape index (κ1) is 11.5. The molecule has 3 amide bonds. The van der Waals surface area contributed by atoms with Gasteiger partial charge in [0.1, 0.15) is 0 Å². The van der Waals surface area contributed by atoms with Crippen LogP contribution < -0.4 is 10.2 Å². The number of anilines is 1. The van der Waals surface area contributed by atoms with Gasteiger partial charge in [0.15, 0.2) is 0 Å². The summed E-state index contributed by atoms with van der Waals surface area (Å²) in [6.45, 7) is 0. The molecule has 0 bridgehead atoms. The van der Waals surface area contributed by atoms with Gasteiger partial charge in [-0.15, -0.1) is 0 Å². The van der Waals surface area contributed by atoms with Gasteiger partial charge in [-0.3, -0.25) is 4.79 Å². The van der Waals surface area contributed by atoms with Gasteiger partial charge >= 0.3 is 6.03 Å². The minimum atomic E-state index is -0.365. The van der Waals surface area contributed by atoms with E-state index in [4.69, 9.17) is 11.6 Å². The lowest BCUT2D eigenvalue weighted by atomic mass is 9.99. The number of rotatable bonds is 1. The first-order valence-corrected chi connectivity index (χ1v) is 6.45. The lowest BCUT2D eigenvalue weighted by Gasteiger charge is -2.34. The number of fused-ring (bicyclic) bond motifs is 1. The Morgan fingerprint density at radius 2 is 2.00 bits per heavy atom. The molecule has 1 aromatic rings. The molecule has 1 aliphatic heterocycles. The number of nitrogens with zero attached hydrogens (tertiary/aromatic N) is 1. The number of halogens is 1. The van der Waals surface area contributed by atoms with E-state index in [1.165, 1.54) is 4.90 Å². The minimum Gasteiger partial charge on any atom is -0.334 e. The molecule has 2 fully saturated rings. The van der Waals surface area contributed by atoms with Crippen LogP contribution in [0.4, 0.5) is 10.5 Å². The summed E-state index contributed by atoms with van der Waals surface area (Å²) in [5, 5.41) is 3.31. The summed E-state index contributed by atoms with van der Waals surface area (Å²) < 4.78 is 0. The van der Waals surface area contributed by atoms with Gasteiger partial charge in [0.25, 0.3) is 0 Å². The van der Waals surface area contributed by atoms with Crippen molar-refractivity contribution in [1.29, 1.82) is 0 Å². The maximum absolute atomic E-state index is 12.4. The maximum atomic E-state index is 12.4. The molecule has 1 heterocycles. The van der Waals surface area contributed by atoms with E-state index < -0.39 is 0 Å². The Bertz CT molecular complexity index is 517. The van der Waals surface area contributed by atoms with Crippen LogP contribution in [-0.4, -0.2) is 18.0 Å². The number of urea groups is 1. The van der Waals surface area contributed by atoms with Crippen LogP contribution in [0.2, 0.25) is 5.02 Å². The molecule has 1 saturated heterocycles. The van der Waals surface area contributed by atoms with Crippen molar-refractivity contribution in [3.8, 4) is 0 Å². The van der Waals surface area contributed by atoms with E-state index in [1.807, 2.05) is 0 Å². The summed E-state index contributed by atoms with van der Waals surface area (Å²) in [5.41, 5.74) is 0.465. The average Bonchev–Trinajstić information content (AvgIpc) is 2.79. The molecule has 0 radical (unpaired) electrons. The summed E-state index contributed by atoms with van der Waals surface area (Å²) in [5.74, 6) is -0.228. The summed E-state index contributed by atoms with van der Waals surface area (Å²) in [7, 11) is 0. The Balaban J connectivity index is 1.99. The molecule has 4 nitrogen and oxygen atoms in total. The Kier molecular flexibility index (Phi) is 2.74. The Morgan fingerprint density at radius 3 is 2.78 bits per heavy atom. The van der Waals surface area contributed by atoms with Gasteiger partial charge in [-0.2, -0.15) is 0 Å². The topological polar surface area (TPSA) is 49.4 Å². The lowest BCUT2D eigenvalue weighted by molar-refractivity contribution is -0.122. The van der Waals surface area contributed by atoms with Crippen LogP contribution in [0.1, 0.15) is 19.3 Å². The van der Waals surface area contributed by atoms with Crippen molar-refractivity contribution in [2.45, 2.75) is 25.3 Å². The maximum Gasteiger partial charge on any atom is 0.329 e. The van der Waals surface area contributed by atoms with Gasteiger partial charge in [0, 0.05) is 6.04 Å². The minimum absolute atomic E-state index is 0.00346. The number of carbonyl (C=O) groups is 2. The van der Waals surface area contributed by atoms with Gasteiger partial charge in [-0.25, -0.2) is 9.69 Å². The highest BCUT2D eigenvalue weighted by atomic mass is 35.5. The highest BCUT2D eigenvalue weighted by Crippen LogP contribution is 2.35. The van der Waals surface area contributed by atoms with Crippen LogP contribution in [0, 0.1) is 5.92 Å². The van der Waals surface area contributed by atoms with Crippen LogP contribution in [0.15, 0.2) is 24.3 Å². The predicted molar refractivity (Wildman–Crippen MR) is 68.6 cm³/mol. The highest BCUT2D eigenvalue weighted by Gasteiger charge is 2.44. The predicted octanol–water partition coefficient (Wildman–Crippen LogP) is 2.56. The quantitative estimate of drug-likeness (QED) is 0.847. The van der Waals surface area contributed by atoms with Crippen LogP contribution in [0.3, 0.4) is 0 Å². The molecule has 1 N–H and O–H groups in total. The molecule has 2 aliphatic rings. The summed E-state index contributed by atoms with van der Waals surface area (Å²) in [6, 6.07) is 6.55. The summed E-state index contributed by atoms with van der Waals surface area (Å²) >= 11 is 6.06. The van der Waals surface area contributed by atoms with E-state index in [0.717, 1.165) is 19.3 Å². The molecule has 5 heteroatoms. The van der Waals surface area contributed by atoms with E-state index in [9.17, 15) is 9.59 Å². The molecule has 1 aromatic carbocycles. The molecule has 3 rings (SSSR count). The van der Waals surface area contributed by atoms with Crippen molar-refractivity contribution in [2.75, 3.05) is 4.90 Å². The molecule has 94 valence electrons. The highest BCUT2D eigenvalue weighted by molar-refractivity contribution is 6.35. The fourth-order valence-corrected chi connectivity index (χ4v) is 3.00. The first-order valence-electron chi connectivity index (χ1n) is 6.07. The number of para-hydroxylation sites is 1. The van der Waals surface area contributed by atoms with Gasteiger partial charge in [0.05, 0.1) is 16.6 Å². The van der Waals surface area contributed by atoms with E-state index >= 15 is 0 Å². The molecule has 2 atom stereocenters. The van der Waals surface area contributed by atoms with Gasteiger partial charge in [0.2, 0.25) is 5.91 Å². The molecule has 1 saturated carbocycles. The third-order valence-corrected chi connectivity index (χ3v) is 3.98. The normalized spacial score (nSPS) is 27.1. The van der Waals surface area contributed by atoms with Gasteiger partial charge in [-0.05, 0) is 25.0 Å². The molecule has 18 heavy (non-hydrogen) atoms. The number of benzene rings is 1. The van der Waals surface area contributed by atoms with Gasteiger partial charge < -0.3 is 5.32 Å². The van der Waals surface area contributed by atoms with Crippen LogP contribution in [0.5, 0.6) is 0 Å². The zero-order chi connectivity index (χ0) is 12.7. The molecule has 0 aromatic heterocycles. The molecular formula is C13H13ClN2O2. The van der Waals surface area contributed by atoms with E-state index in [2.05, 4.69) is 5.32 Å². The van der Waals surface area contributed by atoms with Crippen molar-refractivity contribution >= 4 is 29.2 Å². The Hall–Kier alpha value is -1.55. The molecule has 1 aliphatic carbocycles. The smallest absolute Gasteiger partial charge is 0.329 e. The number of amides is 3. The van der Waals surface area contributed by atoms with Crippen LogP contribution >= 0.6 is 11.6 Å². The van der Waals surface area contributed by atoms with Crippen LogP contribution in [-0.2, 0) is 4.79 Å². The SMILES string of the molecule is O=C1NC2CCCC2C(=O)N1c1ccccc1Cl. The molecular weight excluding hydrogens is 252 g/mol. The van der Waals surface area contributed by atoms with E-state index in [1.54, 1.807) is 24.3 Å².